The molecule has 12 nitrogen and oxygen atoms in total. The van der Waals surface area contributed by atoms with Gasteiger partial charge >= 0.3 is 18.9 Å². The van der Waals surface area contributed by atoms with Crippen molar-refractivity contribution in [3.8, 4) is 0 Å². The fourth-order valence-electron chi connectivity index (χ4n) is 2.54. The van der Waals surface area contributed by atoms with E-state index < -0.39 is 68.5 Å². The maximum Gasteiger partial charge on any atom is 1.00 e. The average molecular weight is 541 g/mol. The van der Waals surface area contributed by atoms with Gasteiger partial charge in [-0.3, -0.25) is 0 Å². The van der Waals surface area contributed by atoms with Crippen molar-refractivity contribution in [1.82, 2.24) is 0 Å². The van der Waals surface area contributed by atoms with Crippen LogP contribution in [0.15, 0.2) is 0 Å². The molecular weight excluding hydrogens is 505 g/mol. The largest absolute Gasteiger partial charge is 1.00 e. The van der Waals surface area contributed by atoms with E-state index >= 15 is 0 Å². The number of hydrogen-bond acceptors (Lipinski definition) is 11. The van der Waals surface area contributed by atoms with Gasteiger partial charge < -0.3 is 14.8 Å². The van der Waals surface area contributed by atoms with Crippen LogP contribution in [0.4, 0.5) is 0 Å². The molecule has 32 heavy (non-hydrogen) atoms. The molecule has 1 heterocycles. The second-order valence-corrected chi connectivity index (χ2v) is 15.4. The average Bonchev–Trinajstić information content (AvgIpc) is 2.61. The number of hydrogen-bond donors (Lipinski definition) is 2. The van der Waals surface area contributed by atoms with Crippen molar-refractivity contribution < 1.29 is 71.2 Å². The predicted molar refractivity (Wildman–Crippen MR) is 116 cm³/mol. The zero-order chi connectivity index (χ0) is 25.0. The summed E-state index contributed by atoms with van der Waals surface area (Å²) in [6.07, 6.45) is 2.19. The summed E-state index contributed by atoms with van der Waals surface area (Å²) in [7, 11) is -14.6. The van der Waals surface area contributed by atoms with E-state index in [1.54, 1.807) is 0 Å². The van der Waals surface area contributed by atoms with E-state index in [9.17, 15) is 38.2 Å². The van der Waals surface area contributed by atoms with Crippen molar-refractivity contribution in [3.63, 3.8) is 0 Å². The summed E-state index contributed by atoms with van der Waals surface area (Å²) < 4.78 is 97.5. The van der Waals surface area contributed by atoms with Crippen LogP contribution >= 0.6 is 0 Å². The fraction of sp³-hybridized carbons (Fsp3) is 1.00. The molecule has 0 radical (unpaired) electrons. The van der Waals surface area contributed by atoms with Crippen molar-refractivity contribution in [2.75, 3.05) is 61.4 Å². The Morgan fingerprint density at radius 1 is 0.906 bits per heavy atom. The summed E-state index contributed by atoms with van der Waals surface area (Å²) >= 11 is 0. The molecule has 0 spiro atoms. The van der Waals surface area contributed by atoms with E-state index in [2.05, 4.69) is 13.8 Å². The molecular formula is C15H35LiNO11S4+. The summed E-state index contributed by atoms with van der Waals surface area (Å²) in [5.41, 5.74) is 0. The number of sulfonamides is 1. The zero-order valence-corrected chi connectivity index (χ0v) is 22.4. The number of sulfone groups is 2. The van der Waals surface area contributed by atoms with Crippen LogP contribution in [0.25, 0.3) is 0 Å². The Hall–Kier alpha value is 0.237. The molecule has 1 aliphatic rings. The molecule has 0 aromatic rings. The van der Waals surface area contributed by atoms with Crippen molar-refractivity contribution in [2.24, 2.45) is 0 Å². The van der Waals surface area contributed by atoms with Crippen LogP contribution in [0.3, 0.4) is 0 Å². The number of rotatable bonds is 8. The van der Waals surface area contributed by atoms with Gasteiger partial charge in [0.2, 0.25) is 9.84 Å². The zero-order valence-electron chi connectivity index (χ0n) is 19.1. The summed E-state index contributed by atoms with van der Waals surface area (Å²) in [6.45, 7) is 2.97. The Bertz CT molecular complexity index is 892. The standard InChI is InChI=1S/C8H18NO6S2.C4H10O5S2.C3H8.Li/c10-4-2-9(3-5-11)8-16(12,13)6-1-7-17(9,14)15;1-10(5,6)3-2-4-11(7,8)9;1-3-2;/h10-11H,1-8H2;2-4H2,1H3,(H,7,8,9);3H2,1-2H3;/q+1;;;+1/p-1. The van der Waals surface area contributed by atoms with Gasteiger partial charge in [0, 0.05) is 12.0 Å². The third-order valence-corrected chi connectivity index (χ3v) is 10.1. The third-order valence-electron chi connectivity index (χ3n) is 3.80. The smallest absolute Gasteiger partial charge is 0.748 e. The Balaban J connectivity index is -0.000000487. The SMILES string of the molecule is CCC.CS(=O)(=O)CCCS(=O)(=O)[O-].O=S1(=O)CCCS(=O)(=O)[N+](CCO)(CCO)C1.[Li+]. The third kappa shape index (κ3) is 16.8. The molecule has 1 fully saturated rings. The second-order valence-electron chi connectivity index (χ2n) is 7.12. The summed E-state index contributed by atoms with van der Waals surface area (Å²) in [5.74, 6) is -1.82. The topological polar surface area (TPSA) is 200 Å². The molecule has 0 aromatic heterocycles. The number of aliphatic hydroxyl groups is 2. The van der Waals surface area contributed by atoms with Crippen LogP contribution in [0.1, 0.15) is 33.1 Å². The van der Waals surface area contributed by atoms with E-state index in [4.69, 9.17) is 10.2 Å². The summed E-state index contributed by atoms with van der Waals surface area (Å²) in [6, 6.07) is 0. The van der Waals surface area contributed by atoms with Crippen molar-refractivity contribution in [2.45, 2.75) is 33.1 Å². The Morgan fingerprint density at radius 2 is 1.34 bits per heavy atom. The Kier molecular flexibility index (Phi) is 18.4. The quantitative estimate of drug-likeness (QED) is 0.170. The molecule has 0 unspecified atom stereocenters. The summed E-state index contributed by atoms with van der Waals surface area (Å²) in [5, 5.41) is 17.9. The van der Waals surface area contributed by atoms with E-state index in [1.165, 1.54) is 6.42 Å². The van der Waals surface area contributed by atoms with Crippen LogP contribution in [-0.4, -0.2) is 114 Å². The molecule has 0 aliphatic carbocycles. The monoisotopic (exact) mass is 540 g/mol. The number of nitrogens with zero attached hydrogens (tertiary/aromatic N) is 1. The second kappa shape index (κ2) is 16.0. The predicted octanol–water partition coefficient (Wildman–Crippen LogP) is -4.72. The molecule has 190 valence electrons. The first-order chi connectivity index (χ1) is 13.9. The Labute approximate surface area is 204 Å². The maximum absolute atomic E-state index is 12.1. The van der Waals surface area contributed by atoms with Crippen LogP contribution < -0.4 is 18.9 Å². The Morgan fingerprint density at radius 3 is 1.69 bits per heavy atom. The number of quaternary nitrogens is 1. The van der Waals surface area contributed by atoms with Gasteiger partial charge in [0.15, 0.2) is 5.88 Å². The van der Waals surface area contributed by atoms with Gasteiger partial charge in [-0.2, -0.15) is 8.42 Å². The van der Waals surface area contributed by atoms with Crippen LogP contribution in [-0.2, 0) is 39.8 Å². The molecule has 1 saturated heterocycles. The molecule has 0 amide bonds. The maximum atomic E-state index is 12.1. The molecule has 1 rings (SSSR count). The first-order valence-electron chi connectivity index (χ1n) is 9.53. The van der Waals surface area contributed by atoms with Gasteiger partial charge in [-0.15, -0.1) is 0 Å². The molecule has 17 heteroatoms. The molecule has 0 saturated carbocycles. The van der Waals surface area contributed by atoms with Crippen molar-refractivity contribution in [3.05, 3.63) is 0 Å². The van der Waals surface area contributed by atoms with E-state index in [1.807, 2.05) is 0 Å². The minimum atomic E-state index is -4.26. The van der Waals surface area contributed by atoms with E-state index in [-0.39, 0.29) is 62.1 Å². The van der Waals surface area contributed by atoms with Crippen molar-refractivity contribution in [1.29, 1.82) is 0 Å². The normalized spacial score (nSPS) is 19.1. The molecule has 2 N–H and O–H groups in total. The first-order valence-corrected chi connectivity index (χ1v) is 16.6. The van der Waals surface area contributed by atoms with Crippen LogP contribution in [0.5, 0.6) is 0 Å². The van der Waals surface area contributed by atoms with Gasteiger partial charge in [-0.05, 0) is 12.8 Å². The van der Waals surface area contributed by atoms with Gasteiger partial charge in [0.05, 0.1) is 34.8 Å². The van der Waals surface area contributed by atoms with Gasteiger partial charge in [-0.1, -0.05) is 20.3 Å². The van der Waals surface area contributed by atoms with E-state index in [0.717, 1.165) is 6.26 Å². The van der Waals surface area contributed by atoms with Crippen LogP contribution in [0, 0.1) is 0 Å². The molecule has 0 bridgehead atoms. The molecule has 1 aliphatic heterocycles. The fourth-order valence-corrected chi connectivity index (χ4v) is 8.50. The van der Waals surface area contributed by atoms with E-state index in [0.29, 0.717) is 0 Å². The minimum absolute atomic E-state index is 0. The molecule has 0 atom stereocenters. The van der Waals surface area contributed by atoms with Crippen molar-refractivity contribution >= 4 is 39.8 Å². The van der Waals surface area contributed by atoms with Gasteiger partial charge in [0.1, 0.15) is 28.7 Å². The summed E-state index contributed by atoms with van der Waals surface area (Å²) in [4.78, 5) is 0. The van der Waals surface area contributed by atoms with Gasteiger partial charge in [0.25, 0.3) is 10.0 Å². The first kappa shape index (κ1) is 36.8. The number of aliphatic hydroxyl groups excluding tert-OH is 2. The molecule has 0 aromatic carbocycles. The van der Waals surface area contributed by atoms with Gasteiger partial charge in [-0.25, -0.2) is 29.1 Å². The minimum Gasteiger partial charge on any atom is -0.748 e. The van der Waals surface area contributed by atoms with Crippen LogP contribution in [0.2, 0.25) is 0 Å².